The van der Waals surface area contributed by atoms with E-state index in [4.69, 9.17) is 14.5 Å². The number of nitrogens with zero attached hydrogens (tertiary/aromatic N) is 2. The average Bonchev–Trinajstić information content (AvgIpc) is 3.07. The van der Waals surface area contributed by atoms with Gasteiger partial charge in [-0.2, -0.15) is 0 Å². The van der Waals surface area contributed by atoms with Gasteiger partial charge in [0.2, 0.25) is 0 Å². The van der Waals surface area contributed by atoms with Gasteiger partial charge in [-0.25, -0.2) is 4.79 Å². The summed E-state index contributed by atoms with van der Waals surface area (Å²) in [5, 5.41) is 10.7. The Morgan fingerprint density at radius 1 is 1.02 bits per heavy atom. The first-order valence-electron chi connectivity index (χ1n) is 16.1. The molecule has 1 amide bonds. The molecule has 2 atom stereocenters. The molecule has 244 valence electrons. The Morgan fingerprint density at radius 3 is 2.23 bits per heavy atom. The van der Waals surface area contributed by atoms with E-state index in [1.165, 1.54) is 23.6 Å². The lowest BCUT2D eigenvalue weighted by Gasteiger charge is -2.48. The van der Waals surface area contributed by atoms with Crippen LogP contribution in [0.2, 0.25) is 0 Å². The normalized spacial score (nSPS) is 19.3. The number of carbonyl (C=O) groups is 3. The van der Waals surface area contributed by atoms with E-state index in [-0.39, 0.29) is 23.6 Å². The molecule has 9 heteroatoms. The fraction of sp³-hybridized carbons (Fsp3) is 0.368. The number of aromatic hydroxyl groups is 1. The lowest BCUT2D eigenvalue weighted by molar-refractivity contribution is -0.153. The van der Waals surface area contributed by atoms with Crippen LogP contribution in [0.15, 0.2) is 83.0 Å². The van der Waals surface area contributed by atoms with Crippen molar-refractivity contribution in [2.75, 3.05) is 12.4 Å². The SMILES string of the molecule is CC(=O)OCC1=C(C(=O)OC(c2ccccc2)c2ccccc2)N2C(=O)[C@@H](N=Cc3cc(C(C)(C)C)c(O)c4c3CCCC4)[C@@H]2SC1. The number of carbonyl (C=O) groups excluding carboxylic acids is 3. The van der Waals surface area contributed by atoms with Gasteiger partial charge in [-0.3, -0.25) is 19.5 Å². The zero-order valence-corrected chi connectivity index (χ0v) is 28.0. The van der Waals surface area contributed by atoms with Crippen LogP contribution in [0.3, 0.4) is 0 Å². The number of aliphatic imine (C=N–C) groups is 1. The third-order valence-corrected chi connectivity index (χ3v) is 10.3. The Bertz CT molecular complexity index is 1710. The molecule has 2 heterocycles. The first kappa shape index (κ1) is 32.6. The molecule has 1 N–H and O–H groups in total. The molecule has 2 aliphatic heterocycles. The van der Waals surface area contributed by atoms with Gasteiger partial charge in [-0.05, 0) is 65.0 Å². The van der Waals surface area contributed by atoms with Crippen LogP contribution in [-0.4, -0.2) is 57.8 Å². The van der Waals surface area contributed by atoms with E-state index in [2.05, 4.69) is 20.8 Å². The zero-order valence-electron chi connectivity index (χ0n) is 27.2. The van der Waals surface area contributed by atoms with Gasteiger partial charge in [0.1, 0.15) is 23.4 Å². The van der Waals surface area contributed by atoms with E-state index < -0.39 is 29.5 Å². The third-order valence-electron chi connectivity index (χ3n) is 8.93. The maximum Gasteiger partial charge on any atom is 0.356 e. The quantitative estimate of drug-likeness (QED) is 0.170. The van der Waals surface area contributed by atoms with Crippen LogP contribution in [-0.2, 0) is 42.1 Å². The van der Waals surface area contributed by atoms with Gasteiger partial charge < -0.3 is 14.6 Å². The molecule has 1 aliphatic carbocycles. The summed E-state index contributed by atoms with van der Waals surface area (Å²) in [6.07, 6.45) is 4.79. The fourth-order valence-corrected chi connectivity index (χ4v) is 7.83. The molecule has 0 bridgehead atoms. The summed E-state index contributed by atoms with van der Waals surface area (Å²) < 4.78 is 11.5. The van der Waals surface area contributed by atoms with Gasteiger partial charge in [0.15, 0.2) is 12.1 Å². The topological polar surface area (TPSA) is 106 Å². The van der Waals surface area contributed by atoms with Crippen LogP contribution in [0, 0.1) is 0 Å². The van der Waals surface area contributed by atoms with Crippen LogP contribution < -0.4 is 0 Å². The lowest BCUT2D eigenvalue weighted by Crippen LogP contribution is -2.64. The maximum absolute atomic E-state index is 14.1. The summed E-state index contributed by atoms with van der Waals surface area (Å²) in [4.78, 5) is 45.9. The van der Waals surface area contributed by atoms with Crippen molar-refractivity contribution in [3.63, 3.8) is 0 Å². The van der Waals surface area contributed by atoms with Gasteiger partial charge in [-0.15, -0.1) is 11.8 Å². The Morgan fingerprint density at radius 2 is 1.64 bits per heavy atom. The van der Waals surface area contributed by atoms with Gasteiger partial charge in [0, 0.05) is 30.0 Å². The van der Waals surface area contributed by atoms with Gasteiger partial charge in [0.05, 0.1) is 0 Å². The minimum absolute atomic E-state index is 0.111. The van der Waals surface area contributed by atoms with E-state index in [0.29, 0.717) is 17.1 Å². The van der Waals surface area contributed by atoms with Gasteiger partial charge >= 0.3 is 11.9 Å². The zero-order chi connectivity index (χ0) is 33.3. The molecule has 1 saturated heterocycles. The lowest BCUT2D eigenvalue weighted by atomic mass is 9.79. The Balaban J connectivity index is 1.31. The van der Waals surface area contributed by atoms with Crippen LogP contribution in [0.5, 0.6) is 5.75 Å². The highest BCUT2D eigenvalue weighted by atomic mass is 32.2. The molecule has 0 aromatic heterocycles. The van der Waals surface area contributed by atoms with Crippen molar-refractivity contribution in [1.29, 1.82) is 0 Å². The number of ether oxygens (including phenoxy) is 2. The Labute approximate surface area is 279 Å². The van der Waals surface area contributed by atoms with E-state index >= 15 is 0 Å². The molecule has 0 spiro atoms. The number of benzene rings is 3. The Kier molecular flexibility index (Phi) is 9.28. The van der Waals surface area contributed by atoms with Crippen molar-refractivity contribution in [1.82, 2.24) is 4.90 Å². The van der Waals surface area contributed by atoms with Crippen LogP contribution in [0.4, 0.5) is 0 Å². The second kappa shape index (κ2) is 13.4. The molecule has 8 nitrogen and oxygen atoms in total. The van der Waals surface area contributed by atoms with Crippen LogP contribution in [0.25, 0.3) is 0 Å². The average molecular weight is 653 g/mol. The molecule has 3 aromatic carbocycles. The number of amides is 1. The molecular weight excluding hydrogens is 612 g/mol. The fourth-order valence-electron chi connectivity index (χ4n) is 6.51. The first-order chi connectivity index (χ1) is 22.5. The highest BCUT2D eigenvalue weighted by Crippen LogP contribution is 2.44. The van der Waals surface area contributed by atoms with Gasteiger partial charge in [0.25, 0.3) is 5.91 Å². The molecule has 6 rings (SSSR count). The first-order valence-corrected chi connectivity index (χ1v) is 17.1. The predicted molar refractivity (Wildman–Crippen MR) is 182 cm³/mol. The number of esters is 2. The number of fused-ring (bicyclic) bond motifs is 2. The van der Waals surface area contributed by atoms with E-state index in [9.17, 15) is 19.5 Å². The highest BCUT2D eigenvalue weighted by Gasteiger charge is 2.54. The summed E-state index contributed by atoms with van der Waals surface area (Å²) in [6.45, 7) is 7.42. The summed E-state index contributed by atoms with van der Waals surface area (Å²) in [5.74, 6) is -0.703. The van der Waals surface area contributed by atoms with E-state index in [1.807, 2.05) is 66.7 Å². The number of phenols is 1. The molecule has 0 saturated carbocycles. The van der Waals surface area contributed by atoms with E-state index in [1.54, 1.807) is 6.21 Å². The largest absolute Gasteiger partial charge is 0.507 e. The van der Waals surface area contributed by atoms with Crippen molar-refractivity contribution in [3.05, 3.63) is 111 Å². The molecule has 47 heavy (non-hydrogen) atoms. The molecule has 3 aromatic rings. The Hall–Kier alpha value is -4.37. The van der Waals surface area contributed by atoms with Crippen molar-refractivity contribution >= 4 is 35.8 Å². The predicted octanol–water partition coefficient (Wildman–Crippen LogP) is 6.42. The second-order valence-electron chi connectivity index (χ2n) is 13.2. The summed E-state index contributed by atoms with van der Waals surface area (Å²) in [6, 6.07) is 20.2. The number of thioether (sulfide) groups is 1. The number of rotatable bonds is 8. The van der Waals surface area contributed by atoms with Crippen molar-refractivity contribution in [2.45, 2.75) is 76.3 Å². The number of β-lactam (4-membered cyclic amide) rings is 1. The van der Waals surface area contributed by atoms with Gasteiger partial charge in [-0.1, -0.05) is 81.4 Å². The number of hydrogen-bond donors (Lipinski definition) is 1. The maximum atomic E-state index is 14.1. The summed E-state index contributed by atoms with van der Waals surface area (Å²) in [7, 11) is 0. The molecule has 1 fully saturated rings. The van der Waals surface area contributed by atoms with Crippen molar-refractivity contribution in [2.24, 2.45) is 4.99 Å². The molecule has 3 aliphatic rings. The standard InChI is InChI=1S/C38H40N2O6S/c1-23(41)45-21-27-22-47-36-31(39-20-26-19-30(38(2,3)4)33(42)29-18-12-11-17-28(26)29)35(43)40(36)32(27)37(44)46-34(24-13-7-5-8-14-24)25-15-9-6-10-16-25/h5-10,13-16,19-20,31,34,36,42H,11-12,17-18,21-22H2,1-4H3/t31-,36+/m1/s1. The minimum atomic E-state index is -0.705. The van der Waals surface area contributed by atoms with E-state index in [0.717, 1.165) is 59.1 Å². The number of phenolic OH excluding ortho intramolecular Hbond substituents is 1. The van der Waals surface area contributed by atoms with Crippen molar-refractivity contribution in [3.8, 4) is 5.75 Å². The minimum Gasteiger partial charge on any atom is -0.507 e. The van der Waals surface area contributed by atoms with Crippen LogP contribution in [0.1, 0.15) is 80.0 Å². The van der Waals surface area contributed by atoms with Crippen LogP contribution >= 0.6 is 11.8 Å². The molecule has 0 radical (unpaired) electrons. The smallest absolute Gasteiger partial charge is 0.356 e. The molecule has 0 unspecified atom stereocenters. The highest BCUT2D eigenvalue weighted by molar-refractivity contribution is 8.00. The van der Waals surface area contributed by atoms with Crippen molar-refractivity contribution < 1.29 is 29.0 Å². The summed E-state index contributed by atoms with van der Waals surface area (Å²) in [5.41, 5.74) is 5.80. The second-order valence-corrected chi connectivity index (χ2v) is 14.4. The molecular formula is C38H40N2O6S. The monoisotopic (exact) mass is 652 g/mol. The summed E-state index contributed by atoms with van der Waals surface area (Å²) >= 11 is 1.49. The number of hydrogen-bond acceptors (Lipinski definition) is 8. The third kappa shape index (κ3) is 6.59.